The fraction of sp³-hybridized carbons (Fsp3) is 0.857. The fourth-order valence-corrected chi connectivity index (χ4v) is 1.91. The number of ether oxygens (including phenoxy) is 2. The molecule has 0 radical (unpaired) electrons. The minimum atomic E-state index is -0.467. The van der Waals surface area contributed by atoms with Crippen molar-refractivity contribution >= 4 is 11.9 Å². The molecule has 2 atom stereocenters. The predicted molar refractivity (Wildman–Crippen MR) is 73.7 cm³/mol. The Balaban J connectivity index is 4.70. The molecule has 1 N–H and O–H groups in total. The molecule has 0 aliphatic heterocycles. The summed E-state index contributed by atoms with van der Waals surface area (Å²) in [5.41, 5.74) is 0. The smallest absolute Gasteiger partial charge is 0.322 e. The molecule has 5 nitrogen and oxygen atoms in total. The van der Waals surface area contributed by atoms with E-state index in [-0.39, 0.29) is 11.9 Å². The summed E-state index contributed by atoms with van der Waals surface area (Å²) in [6.07, 6.45) is 3.19. The zero-order chi connectivity index (χ0) is 14.8. The second-order valence-corrected chi connectivity index (χ2v) is 5.09. The number of esters is 2. The van der Waals surface area contributed by atoms with Crippen molar-refractivity contribution in [3.8, 4) is 0 Å². The molecule has 0 aliphatic rings. The van der Waals surface area contributed by atoms with Gasteiger partial charge in [0.1, 0.15) is 12.1 Å². The van der Waals surface area contributed by atoms with E-state index in [1.54, 1.807) is 0 Å². The van der Waals surface area contributed by atoms with Crippen molar-refractivity contribution in [1.82, 2.24) is 5.32 Å². The lowest BCUT2D eigenvalue weighted by molar-refractivity contribution is -0.147. The number of rotatable bonds is 9. The molecule has 0 rings (SSSR count). The van der Waals surface area contributed by atoms with Crippen molar-refractivity contribution in [2.24, 2.45) is 5.92 Å². The van der Waals surface area contributed by atoms with Gasteiger partial charge in [0.2, 0.25) is 0 Å². The third kappa shape index (κ3) is 7.15. The molecule has 0 fully saturated rings. The first kappa shape index (κ1) is 17.9. The highest BCUT2D eigenvalue weighted by atomic mass is 16.5. The van der Waals surface area contributed by atoms with Gasteiger partial charge in [-0.15, -0.1) is 0 Å². The van der Waals surface area contributed by atoms with Crippen LogP contribution in [-0.4, -0.2) is 38.2 Å². The van der Waals surface area contributed by atoms with Crippen molar-refractivity contribution in [2.45, 2.75) is 58.5 Å². The molecule has 0 heterocycles. The van der Waals surface area contributed by atoms with Crippen molar-refractivity contribution in [3.05, 3.63) is 0 Å². The zero-order valence-corrected chi connectivity index (χ0v) is 12.7. The number of methoxy groups -OCH3 is 2. The summed E-state index contributed by atoms with van der Waals surface area (Å²) in [5.74, 6) is -0.328. The largest absolute Gasteiger partial charge is 0.468 e. The molecule has 0 spiro atoms. The summed E-state index contributed by atoms with van der Waals surface area (Å²) >= 11 is 0. The van der Waals surface area contributed by atoms with E-state index in [1.165, 1.54) is 14.2 Å². The first-order valence-electron chi connectivity index (χ1n) is 6.87. The first-order chi connectivity index (χ1) is 8.96. The minimum absolute atomic E-state index is 0.328. The van der Waals surface area contributed by atoms with Crippen LogP contribution >= 0.6 is 0 Å². The quantitative estimate of drug-likeness (QED) is 0.650. The molecule has 0 bridgehead atoms. The van der Waals surface area contributed by atoms with Crippen molar-refractivity contribution in [3.63, 3.8) is 0 Å². The van der Waals surface area contributed by atoms with Crippen LogP contribution in [0.2, 0.25) is 0 Å². The molecule has 0 aliphatic carbocycles. The Morgan fingerprint density at radius 3 is 2.00 bits per heavy atom. The zero-order valence-electron chi connectivity index (χ0n) is 12.7. The van der Waals surface area contributed by atoms with Crippen LogP contribution in [0.4, 0.5) is 0 Å². The van der Waals surface area contributed by atoms with Crippen LogP contribution in [0, 0.1) is 5.92 Å². The first-order valence-corrected chi connectivity index (χ1v) is 6.87. The monoisotopic (exact) mass is 273 g/mol. The number of hydrogen-bond acceptors (Lipinski definition) is 5. The Labute approximate surface area is 116 Å². The molecule has 19 heavy (non-hydrogen) atoms. The van der Waals surface area contributed by atoms with Gasteiger partial charge in [-0.3, -0.25) is 14.9 Å². The maximum Gasteiger partial charge on any atom is 0.322 e. The molecule has 2 unspecified atom stereocenters. The Morgan fingerprint density at radius 1 is 1.05 bits per heavy atom. The molecule has 0 amide bonds. The van der Waals surface area contributed by atoms with Crippen molar-refractivity contribution < 1.29 is 19.1 Å². The molecule has 0 saturated carbocycles. The lowest BCUT2D eigenvalue weighted by Gasteiger charge is -2.23. The van der Waals surface area contributed by atoms with Gasteiger partial charge in [0.05, 0.1) is 14.2 Å². The molecule has 5 heteroatoms. The summed E-state index contributed by atoms with van der Waals surface area (Å²) in [4.78, 5) is 23.4. The van der Waals surface area contributed by atoms with Gasteiger partial charge in [-0.1, -0.05) is 33.6 Å². The topological polar surface area (TPSA) is 64.6 Å². The molecule has 0 saturated heterocycles. The molecule has 0 aromatic rings. The molecule has 0 aromatic heterocycles. The summed E-state index contributed by atoms with van der Waals surface area (Å²) in [7, 11) is 2.72. The van der Waals surface area contributed by atoms with Gasteiger partial charge in [-0.25, -0.2) is 0 Å². The SMILES string of the molecule is CCCCC(NC(CC(C)C)C(=O)OC)C(=O)OC. The van der Waals surface area contributed by atoms with E-state index in [0.29, 0.717) is 18.8 Å². The van der Waals surface area contributed by atoms with E-state index < -0.39 is 12.1 Å². The van der Waals surface area contributed by atoms with E-state index in [0.717, 1.165) is 12.8 Å². The number of carbonyl (C=O) groups is 2. The van der Waals surface area contributed by atoms with Gasteiger partial charge in [0, 0.05) is 0 Å². The van der Waals surface area contributed by atoms with Crippen molar-refractivity contribution in [2.75, 3.05) is 14.2 Å². The van der Waals surface area contributed by atoms with Crippen LogP contribution in [0.3, 0.4) is 0 Å². The third-order valence-electron chi connectivity index (χ3n) is 2.93. The summed E-state index contributed by atoms with van der Waals surface area (Å²) in [5, 5.41) is 3.07. The molecular formula is C14H27NO4. The maximum atomic E-state index is 11.7. The van der Waals surface area contributed by atoms with Crippen LogP contribution in [0.1, 0.15) is 46.5 Å². The van der Waals surface area contributed by atoms with Gasteiger partial charge in [0.15, 0.2) is 0 Å². The van der Waals surface area contributed by atoms with Crippen LogP contribution in [-0.2, 0) is 19.1 Å². The van der Waals surface area contributed by atoms with Gasteiger partial charge < -0.3 is 9.47 Å². The average molecular weight is 273 g/mol. The standard InChI is InChI=1S/C14H27NO4/c1-6-7-8-11(13(16)18-4)15-12(9-10(2)3)14(17)19-5/h10-12,15H,6-9H2,1-5H3. The summed E-state index contributed by atoms with van der Waals surface area (Å²) in [6, 6.07) is -0.918. The van der Waals surface area contributed by atoms with E-state index in [2.05, 4.69) is 12.2 Å². The molecule has 0 aromatic carbocycles. The van der Waals surface area contributed by atoms with Crippen LogP contribution < -0.4 is 5.32 Å². The Hall–Kier alpha value is -1.10. The van der Waals surface area contributed by atoms with Crippen LogP contribution in [0.5, 0.6) is 0 Å². The number of unbranched alkanes of at least 4 members (excludes halogenated alkanes) is 1. The highest BCUT2D eigenvalue weighted by molar-refractivity contribution is 5.79. The Morgan fingerprint density at radius 2 is 1.58 bits per heavy atom. The lowest BCUT2D eigenvalue weighted by atomic mass is 10.0. The minimum Gasteiger partial charge on any atom is -0.468 e. The van der Waals surface area contributed by atoms with E-state index in [9.17, 15) is 9.59 Å². The van der Waals surface area contributed by atoms with Crippen LogP contribution in [0.25, 0.3) is 0 Å². The van der Waals surface area contributed by atoms with Gasteiger partial charge in [0.25, 0.3) is 0 Å². The fourth-order valence-electron chi connectivity index (χ4n) is 1.91. The second kappa shape index (κ2) is 9.78. The summed E-state index contributed by atoms with van der Waals surface area (Å²) < 4.78 is 9.55. The summed E-state index contributed by atoms with van der Waals surface area (Å²) in [6.45, 7) is 6.11. The Bertz CT molecular complexity index is 279. The highest BCUT2D eigenvalue weighted by Gasteiger charge is 2.27. The van der Waals surface area contributed by atoms with Gasteiger partial charge in [-0.2, -0.15) is 0 Å². The lowest BCUT2D eigenvalue weighted by Crippen LogP contribution is -2.48. The molecule has 112 valence electrons. The Kier molecular flexibility index (Phi) is 9.21. The van der Waals surface area contributed by atoms with Gasteiger partial charge >= 0.3 is 11.9 Å². The van der Waals surface area contributed by atoms with E-state index >= 15 is 0 Å². The number of hydrogen-bond donors (Lipinski definition) is 1. The molecular weight excluding hydrogens is 246 g/mol. The third-order valence-corrected chi connectivity index (χ3v) is 2.93. The normalized spacial score (nSPS) is 14.0. The second-order valence-electron chi connectivity index (χ2n) is 5.09. The van der Waals surface area contributed by atoms with E-state index in [1.807, 2.05) is 13.8 Å². The van der Waals surface area contributed by atoms with Crippen molar-refractivity contribution in [1.29, 1.82) is 0 Å². The van der Waals surface area contributed by atoms with Crippen LogP contribution in [0.15, 0.2) is 0 Å². The average Bonchev–Trinajstić information content (AvgIpc) is 2.39. The maximum absolute atomic E-state index is 11.7. The van der Waals surface area contributed by atoms with E-state index in [4.69, 9.17) is 9.47 Å². The number of nitrogens with one attached hydrogen (secondary N) is 1. The number of carbonyl (C=O) groups excluding carboxylic acids is 2. The highest BCUT2D eigenvalue weighted by Crippen LogP contribution is 2.10. The predicted octanol–water partition coefficient (Wildman–Crippen LogP) is 1.90. The van der Waals surface area contributed by atoms with Gasteiger partial charge in [-0.05, 0) is 18.8 Å².